The van der Waals surface area contributed by atoms with Crippen LogP contribution in [0.1, 0.15) is 329 Å². The van der Waals surface area contributed by atoms with Gasteiger partial charge in [0.1, 0.15) is 0 Å². The van der Waals surface area contributed by atoms with Gasteiger partial charge in [-0.1, -0.05) is 310 Å². The first-order chi connectivity index (χ1) is 31.2. The van der Waals surface area contributed by atoms with Crippen LogP contribution in [0.5, 0.6) is 0 Å². The van der Waals surface area contributed by atoms with E-state index in [1.165, 1.54) is 270 Å². The van der Waals surface area contributed by atoms with Crippen LogP contribution in [0, 0.1) is 0 Å². The van der Waals surface area contributed by atoms with Crippen molar-refractivity contribution < 1.29 is 29.3 Å². The van der Waals surface area contributed by atoms with Crippen molar-refractivity contribution in [3.05, 3.63) is 0 Å². The van der Waals surface area contributed by atoms with E-state index < -0.39 is 5.71 Å². The van der Waals surface area contributed by atoms with Gasteiger partial charge in [0.15, 0.2) is 0 Å². The quantitative estimate of drug-likeness (QED) is 0.0198. The zero-order chi connectivity index (χ0) is 45.5. The SMILES string of the molecule is CCCCCCCCCCCCCCCCCCOOC(OOCCCCCCCCCCCCCCCCCC)(OOCCCCCCCCCCCCCCCCCC)P=S. The third-order valence-corrected chi connectivity index (χ3v) is 14.0. The molecule has 0 N–H and O–H groups in total. The van der Waals surface area contributed by atoms with Crippen LogP contribution in [0.25, 0.3) is 0 Å². The van der Waals surface area contributed by atoms with E-state index in [9.17, 15) is 0 Å². The van der Waals surface area contributed by atoms with Crippen LogP contribution in [-0.4, -0.2) is 25.5 Å². The maximum Gasteiger partial charge on any atom is 0.417 e. The molecular weight excluding hydrogens is 820 g/mol. The molecule has 0 unspecified atom stereocenters. The van der Waals surface area contributed by atoms with Crippen LogP contribution in [-0.2, 0) is 41.1 Å². The first kappa shape index (κ1) is 63.3. The zero-order valence-electron chi connectivity index (χ0n) is 42.9. The van der Waals surface area contributed by atoms with Gasteiger partial charge in [-0.3, -0.25) is 0 Å². The Hall–Kier alpha value is 0.280. The Balaban J connectivity index is 4.19. The molecule has 0 aromatic rings. The summed E-state index contributed by atoms with van der Waals surface area (Å²) in [4.78, 5) is 33.8. The highest BCUT2D eigenvalue weighted by Gasteiger charge is 2.38. The minimum absolute atomic E-state index is 0.260. The Morgan fingerprint density at radius 2 is 0.381 bits per heavy atom. The third-order valence-electron chi connectivity index (χ3n) is 12.8. The molecule has 0 aliphatic rings. The number of hydrogen-bond donors (Lipinski definition) is 0. The summed E-state index contributed by atoms with van der Waals surface area (Å²) in [7, 11) is 0.260. The van der Waals surface area contributed by atoms with Crippen LogP contribution in [0.2, 0.25) is 0 Å². The van der Waals surface area contributed by atoms with Gasteiger partial charge in [-0.25, -0.2) is 14.7 Å². The Morgan fingerprint density at radius 3 is 0.524 bits per heavy atom. The van der Waals surface area contributed by atoms with Gasteiger partial charge in [0.2, 0.25) is 0 Å². The second kappa shape index (κ2) is 56.6. The summed E-state index contributed by atoms with van der Waals surface area (Å²) in [5.74, 6) is 0. The molecule has 0 atom stereocenters. The molecule has 8 heteroatoms. The normalized spacial score (nSPS) is 12.0. The van der Waals surface area contributed by atoms with Crippen molar-refractivity contribution in [2.75, 3.05) is 19.8 Å². The molecule has 0 aromatic carbocycles. The van der Waals surface area contributed by atoms with Gasteiger partial charge < -0.3 is 0 Å². The summed E-state index contributed by atoms with van der Waals surface area (Å²) in [6.45, 7) is 8.24. The molecule has 0 saturated carbocycles. The highest BCUT2D eigenvalue weighted by Crippen LogP contribution is 2.30. The van der Waals surface area contributed by atoms with E-state index in [-0.39, 0.29) is 7.36 Å². The minimum atomic E-state index is -1.73. The Morgan fingerprint density at radius 1 is 0.238 bits per heavy atom. The Labute approximate surface area is 401 Å². The number of hydrogen-bond acceptors (Lipinski definition) is 7. The molecule has 0 bridgehead atoms. The molecule has 63 heavy (non-hydrogen) atoms. The Kier molecular flexibility index (Phi) is 56.9. The molecule has 0 rings (SSSR count). The van der Waals surface area contributed by atoms with Crippen LogP contribution >= 0.6 is 7.36 Å². The average molecular weight is 932 g/mol. The first-order valence-electron chi connectivity index (χ1n) is 28.5. The van der Waals surface area contributed by atoms with Gasteiger partial charge in [0.25, 0.3) is 0 Å². The van der Waals surface area contributed by atoms with Crippen LogP contribution in [0.4, 0.5) is 0 Å². The van der Waals surface area contributed by atoms with Crippen LogP contribution in [0.3, 0.4) is 0 Å². The molecule has 0 spiro atoms. The number of unbranched alkanes of at least 4 members (excludes halogenated alkanes) is 45. The second-order valence-corrected chi connectivity index (χ2v) is 20.5. The van der Waals surface area contributed by atoms with Crippen molar-refractivity contribution in [3.8, 4) is 0 Å². The monoisotopic (exact) mass is 931 g/mol. The van der Waals surface area contributed by atoms with Crippen molar-refractivity contribution in [2.24, 2.45) is 0 Å². The second-order valence-electron chi connectivity index (χ2n) is 19.2. The fraction of sp³-hybridized carbons (Fsp3) is 1.00. The fourth-order valence-corrected chi connectivity index (χ4v) is 9.09. The molecule has 0 aliphatic heterocycles. The van der Waals surface area contributed by atoms with Gasteiger partial charge >= 0.3 is 5.71 Å². The molecule has 0 heterocycles. The maximum absolute atomic E-state index is 5.66. The summed E-state index contributed by atoms with van der Waals surface area (Å²) in [5, 5.41) is 0. The van der Waals surface area contributed by atoms with E-state index in [1.807, 2.05) is 0 Å². The van der Waals surface area contributed by atoms with E-state index in [4.69, 9.17) is 41.1 Å². The van der Waals surface area contributed by atoms with Crippen LogP contribution in [0.15, 0.2) is 0 Å². The lowest BCUT2D eigenvalue weighted by molar-refractivity contribution is -0.596. The lowest BCUT2D eigenvalue weighted by Crippen LogP contribution is -2.34. The van der Waals surface area contributed by atoms with Gasteiger partial charge in [0.05, 0.1) is 27.2 Å². The fourth-order valence-electron chi connectivity index (χ4n) is 8.56. The van der Waals surface area contributed by atoms with E-state index >= 15 is 0 Å². The lowest BCUT2D eigenvalue weighted by atomic mass is 10.0. The van der Waals surface area contributed by atoms with Gasteiger partial charge in [-0.05, 0) is 31.1 Å². The smallest absolute Gasteiger partial charge is 0.231 e. The van der Waals surface area contributed by atoms with Gasteiger partial charge in [-0.15, -0.1) is 0 Å². The van der Waals surface area contributed by atoms with E-state index in [0.29, 0.717) is 19.8 Å². The summed E-state index contributed by atoms with van der Waals surface area (Å²) in [6, 6.07) is 0. The van der Waals surface area contributed by atoms with Crippen LogP contribution < -0.4 is 0 Å². The molecule has 0 fully saturated rings. The molecule has 378 valence electrons. The van der Waals surface area contributed by atoms with E-state index in [1.54, 1.807) is 0 Å². The maximum atomic E-state index is 5.66. The summed E-state index contributed by atoms with van der Waals surface area (Å²) in [5.41, 5.74) is -1.73. The first-order valence-corrected chi connectivity index (χ1v) is 30.4. The van der Waals surface area contributed by atoms with E-state index in [0.717, 1.165) is 38.5 Å². The van der Waals surface area contributed by atoms with E-state index in [2.05, 4.69) is 20.8 Å². The third kappa shape index (κ3) is 51.5. The van der Waals surface area contributed by atoms with Crippen molar-refractivity contribution in [2.45, 2.75) is 335 Å². The summed E-state index contributed by atoms with van der Waals surface area (Å²) in [6.07, 6.45) is 64.1. The van der Waals surface area contributed by atoms with Crippen molar-refractivity contribution in [3.63, 3.8) is 0 Å². The zero-order valence-corrected chi connectivity index (χ0v) is 44.6. The average Bonchev–Trinajstić information content (AvgIpc) is 3.30. The van der Waals surface area contributed by atoms with Gasteiger partial charge in [-0.2, -0.15) is 14.7 Å². The topological polar surface area (TPSA) is 55.4 Å². The molecule has 6 nitrogen and oxygen atoms in total. The lowest BCUT2D eigenvalue weighted by Gasteiger charge is -2.24. The molecule has 0 radical (unpaired) electrons. The van der Waals surface area contributed by atoms with Gasteiger partial charge in [0, 0.05) is 0 Å². The highest BCUT2D eigenvalue weighted by molar-refractivity contribution is 7.96. The van der Waals surface area contributed by atoms with Crippen molar-refractivity contribution >= 4 is 19.2 Å². The van der Waals surface area contributed by atoms with Crippen molar-refractivity contribution in [1.29, 1.82) is 0 Å². The standard InChI is InChI=1S/C55H111O6PS/c1-4-7-10-13-16-19-22-25-28-31-34-37-40-43-46-49-52-56-59-55(62-63,60-57-53-50-47-44-41-38-35-32-29-26-23-20-17-14-11-8-5-2)61-58-54-51-48-45-42-39-36-33-30-27-24-21-18-15-12-9-6-3/h4-54H2,1-3H3. The molecule has 0 aromatic heterocycles. The molecule has 0 aliphatic carbocycles. The number of rotatable bonds is 58. The minimum Gasteiger partial charge on any atom is -0.231 e. The summed E-state index contributed by atoms with van der Waals surface area (Å²) < 4.78 is 0. The predicted molar refractivity (Wildman–Crippen MR) is 277 cm³/mol. The summed E-state index contributed by atoms with van der Waals surface area (Å²) >= 11 is 5.40. The predicted octanol–water partition coefficient (Wildman–Crippen LogP) is 20.6. The molecule has 0 saturated heterocycles. The largest absolute Gasteiger partial charge is 0.417 e. The van der Waals surface area contributed by atoms with Crippen molar-refractivity contribution in [1.82, 2.24) is 0 Å². The Bertz CT molecular complexity index is 739. The molecule has 0 amide bonds. The molecular formula is C55H111O6PS. The highest BCUT2D eigenvalue weighted by atomic mass is 32.4.